The van der Waals surface area contributed by atoms with Gasteiger partial charge in [0.1, 0.15) is 11.6 Å². The van der Waals surface area contributed by atoms with E-state index in [0.717, 1.165) is 38.1 Å². The van der Waals surface area contributed by atoms with Crippen LogP contribution in [0.3, 0.4) is 0 Å². The number of ether oxygens (including phenoxy) is 1. The number of fused-ring (bicyclic) bond motifs is 1. The maximum Gasteiger partial charge on any atom is 0.409 e. The third-order valence-electron chi connectivity index (χ3n) is 4.93. The van der Waals surface area contributed by atoms with Gasteiger partial charge in [0.25, 0.3) is 0 Å². The number of hydrogen-bond donors (Lipinski definition) is 0. The van der Waals surface area contributed by atoms with Crippen LogP contribution in [-0.4, -0.2) is 53.7 Å². The highest BCUT2D eigenvalue weighted by Gasteiger charge is 2.27. The number of likely N-dealkylation sites (tertiary alicyclic amines) is 1. The Bertz CT molecular complexity index is 684. The van der Waals surface area contributed by atoms with E-state index < -0.39 is 0 Å². The van der Waals surface area contributed by atoms with Gasteiger partial charge in [0, 0.05) is 13.1 Å². The van der Waals surface area contributed by atoms with Crippen LogP contribution >= 0.6 is 11.3 Å². The third kappa shape index (κ3) is 3.26. The summed E-state index contributed by atoms with van der Waals surface area (Å²) in [6.45, 7) is 4.22. The van der Waals surface area contributed by atoms with Gasteiger partial charge in [-0.3, -0.25) is 4.90 Å². The van der Waals surface area contributed by atoms with Gasteiger partial charge in [0.15, 0.2) is 0 Å². The smallest absolute Gasteiger partial charge is 0.409 e. The van der Waals surface area contributed by atoms with Crippen LogP contribution in [0.25, 0.3) is 10.2 Å². The van der Waals surface area contributed by atoms with E-state index in [1.807, 2.05) is 16.2 Å². The molecule has 5 nitrogen and oxygen atoms in total. The first kappa shape index (κ1) is 15.8. The molecule has 2 aliphatic heterocycles. The predicted octanol–water partition coefficient (Wildman–Crippen LogP) is 3.67. The summed E-state index contributed by atoms with van der Waals surface area (Å²) in [7, 11) is 0. The Labute approximate surface area is 146 Å². The van der Waals surface area contributed by atoms with Crippen molar-refractivity contribution in [2.45, 2.75) is 31.7 Å². The monoisotopic (exact) mass is 345 g/mol. The lowest BCUT2D eigenvalue weighted by Crippen LogP contribution is -2.36. The summed E-state index contributed by atoms with van der Waals surface area (Å²) >= 11 is 1.83. The first-order valence-corrected chi connectivity index (χ1v) is 9.64. The van der Waals surface area contributed by atoms with E-state index in [1.54, 1.807) is 0 Å². The van der Waals surface area contributed by atoms with Gasteiger partial charge in [-0.25, -0.2) is 9.78 Å². The van der Waals surface area contributed by atoms with Crippen LogP contribution in [0, 0.1) is 0 Å². The second-order valence-electron chi connectivity index (χ2n) is 6.52. The van der Waals surface area contributed by atoms with Crippen molar-refractivity contribution in [3.8, 4) is 0 Å². The van der Waals surface area contributed by atoms with Crippen LogP contribution in [0.2, 0.25) is 0 Å². The van der Waals surface area contributed by atoms with Crippen LogP contribution in [0.5, 0.6) is 0 Å². The third-order valence-corrected chi connectivity index (χ3v) is 6.07. The molecular formula is C18H23N3O2S. The van der Waals surface area contributed by atoms with Crippen LogP contribution in [0.1, 0.15) is 36.7 Å². The number of rotatable bonds is 5. The van der Waals surface area contributed by atoms with E-state index in [-0.39, 0.29) is 6.09 Å². The van der Waals surface area contributed by atoms with Crippen molar-refractivity contribution in [2.24, 2.45) is 0 Å². The summed E-state index contributed by atoms with van der Waals surface area (Å²) in [5.74, 6) is 0. The molecule has 128 valence electrons. The number of carbonyl (C=O) groups is 1. The van der Waals surface area contributed by atoms with Crippen molar-refractivity contribution in [1.29, 1.82) is 0 Å². The number of aromatic nitrogens is 1. The number of hydrogen-bond acceptors (Lipinski definition) is 5. The molecule has 0 N–H and O–H groups in total. The molecule has 0 bridgehead atoms. The zero-order valence-electron chi connectivity index (χ0n) is 13.8. The van der Waals surface area contributed by atoms with Crippen molar-refractivity contribution in [1.82, 2.24) is 14.8 Å². The molecule has 2 fully saturated rings. The van der Waals surface area contributed by atoms with Gasteiger partial charge >= 0.3 is 6.09 Å². The summed E-state index contributed by atoms with van der Waals surface area (Å²) in [4.78, 5) is 20.8. The zero-order valence-corrected chi connectivity index (χ0v) is 14.6. The first-order valence-electron chi connectivity index (χ1n) is 8.82. The van der Waals surface area contributed by atoms with Crippen molar-refractivity contribution in [2.75, 3.05) is 32.8 Å². The van der Waals surface area contributed by atoms with Crippen molar-refractivity contribution in [3.05, 3.63) is 29.3 Å². The number of amides is 1. The Kier molecular flexibility index (Phi) is 4.67. The van der Waals surface area contributed by atoms with Gasteiger partial charge in [-0.2, -0.15) is 0 Å². The van der Waals surface area contributed by atoms with Gasteiger partial charge in [-0.05, 0) is 37.9 Å². The molecule has 1 aromatic heterocycles. The predicted molar refractivity (Wildman–Crippen MR) is 95.3 cm³/mol. The highest BCUT2D eigenvalue weighted by Crippen LogP contribution is 2.35. The Hall–Kier alpha value is -1.66. The Morgan fingerprint density at radius 3 is 2.96 bits per heavy atom. The molecule has 3 heterocycles. The lowest BCUT2D eigenvalue weighted by molar-refractivity contribution is 0.136. The van der Waals surface area contributed by atoms with E-state index in [1.165, 1.54) is 29.0 Å². The Morgan fingerprint density at radius 1 is 1.21 bits per heavy atom. The molecule has 2 aliphatic rings. The number of para-hydroxylation sites is 1. The second-order valence-corrected chi connectivity index (χ2v) is 7.58. The molecule has 1 unspecified atom stereocenters. The van der Waals surface area contributed by atoms with E-state index in [0.29, 0.717) is 12.6 Å². The minimum Gasteiger partial charge on any atom is -0.448 e. The standard InChI is InChI=1S/C18H23N3O2S/c22-18-21(12-13-23-18)11-5-10-20-9-4-3-7-15(20)17-19-14-6-1-2-8-16(14)24-17/h1-2,6,8,15H,3-5,7,9-13H2. The number of carbonyl (C=O) groups excluding carboxylic acids is 1. The molecular weight excluding hydrogens is 322 g/mol. The van der Waals surface area contributed by atoms with Gasteiger partial charge in [0.05, 0.1) is 22.8 Å². The molecule has 4 rings (SSSR count). The Balaban J connectivity index is 1.41. The quantitative estimate of drug-likeness (QED) is 0.829. The van der Waals surface area contributed by atoms with Crippen LogP contribution < -0.4 is 0 Å². The number of thiazole rings is 1. The van der Waals surface area contributed by atoms with Crippen molar-refractivity contribution >= 4 is 27.6 Å². The minimum atomic E-state index is -0.156. The number of benzene rings is 1. The van der Waals surface area contributed by atoms with Crippen molar-refractivity contribution in [3.63, 3.8) is 0 Å². The van der Waals surface area contributed by atoms with E-state index in [9.17, 15) is 4.79 Å². The number of cyclic esters (lactones) is 1. The maximum atomic E-state index is 11.5. The summed E-state index contributed by atoms with van der Waals surface area (Å²) in [6, 6.07) is 8.82. The zero-order chi connectivity index (χ0) is 16.4. The molecule has 2 saturated heterocycles. The molecule has 1 atom stereocenters. The summed E-state index contributed by atoms with van der Waals surface area (Å²) in [5.41, 5.74) is 1.11. The lowest BCUT2D eigenvalue weighted by atomic mass is 10.0. The highest BCUT2D eigenvalue weighted by atomic mass is 32.1. The lowest BCUT2D eigenvalue weighted by Gasteiger charge is -2.34. The van der Waals surface area contributed by atoms with Gasteiger partial charge in [-0.1, -0.05) is 18.6 Å². The average Bonchev–Trinajstić information content (AvgIpc) is 3.21. The first-order chi connectivity index (χ1) is 11.8. The van der Waals surface area contributed by atoms with Crippen LogP contribution in [-0.2, 0) is 4.74 Å². The fraction of sp³-hybridized carbons (Fsp3) is 0.556. The van der Waals surface area contributed by atoms with Gasteiger partial charge < -0.3 is 9.64 Å². The summed E-state index contributed by atoms with van der Waals surface area (Å²) in [6.07, 6.45) is 4.56. The van der Waals surface area contributed by atoms with E-state index in [4.69, 9.17) is 9.72 Å². The fourth-order valence-corrected chi connectivity index (χ4v) is 4.80. The molecule has 0 spiro atoms. The molecule has 0 aliphatic carbocycles. The maximum absolute atomic E-state index is 11.5. The molecule has 0 radical (unpaired) electrons. The van der Waals surface area contributed by atoms with Crippen LogP contribution in [0.15, 0.2) is 24.3 Å². The highest BCUT2D eigenvalue weighted by molar-refractivity contribution is 7.18. The molecule has 1 amide bonds. The molecule has 0 saturated carbocycles. The van der Waals surface area contributed by atoms with Gasteiger partial charge in [0.2, 0.25) is 0 Å². The second kappa shape index (κ2) is 7.07. The minimum absolute atomic E-state index is 0.156. The van der Waals surface area contributed by atoms with Crippen LogP contribution in [0.4, 0.5) is 4.79 Å². The van der Waals surface area contributed by atoms with Gasteiger partial charge in [-0.15, -0.1) is 11.3 Å². The average molecular weight is 345 g/mol. The number of nitrogens with zero attached hydrogens (tertiary/aromatic N) is 3. The Morgan fingerprint density at radius 2 is 2.12 bits per heavy atom. The van der Waals surface area contributed by atoms with E-state index >= 15 is 0 Å². The topological polar surface area (TPSA) is 45.7 Å². The van der Waals surface area contributed by atoms with Crippen molar-refractivity contribution < 1.29 is 9.53 Å². The largest absolute Gasteiger partial charge is 0.448 e. The summed E-state index contributed by atoms with van der Waals surface area (Å²) in [5, 5.41) is 1.25. The molecule has 24 heavy (non-hydrogen) atoms. The SMILES string of the molecule is O=C1OCCN1CCCN1CCCCC1c1nc2ccccc2s1. The fourth-order valence-electron chi connectivity index (χ4n) is 3.66. The summed E-state index contributed by atoms with van der Waals surface area (Å²) < 4.78 is 6.27. The van der Waals surface area contributed by atoms with E-state index in [2.05, 4.69) is 29.2 Å². The number of piperidine rings is 1. The normalized spacial score (nSPS) is 22.2. The molecule has 1 aromatic carbocycles. The molecule has 6 heteroatoms. The molecule has 2 aromatic rings.